The van der Waals surface area contributed by atoms with Crippen LogP contribution in [0.5, 0.6) is 0 Å². The second-order valence-electron chi connectivity index (χ2n) is 1.66. The summed E-state index contributed by atoms with van der Waals surface area (Å²) in [6, 6.07) is 0. The first-order chi connectivity index (χ1) is 3.43. The Bertz CT molecular complexity index is 78.1. The van der Waals surface area contributed by atoms with Crippen molar-refractivity contribution in [3.8, 4) is 0 Å². The summed E-state index contributed by atoms with van der Waals surface area (Å²) in [5.74, 6) is 0. The summed E-state index contributed by atoms with van der Waals surface area (Å²) in [7, 11) is 0. The molecule has 1 N–H and O–H groups in total. The molecule has 2 heteroatoms. The highest BCUT2D eigenvalue weighted by molar-refractivity contribution is 5.61. The fraction of sp³-hybridized carbons (Fsp3) is 0.800. The second kappa shape index (κ2) is 2.07. The van der Waals surface area contributed by atoms with Gasteiger partial charge >= 0.3 is 0 Å². The molecule has 40 valence electrons. The van der Waals surface area contributed by atoms with Crippen molar-refractivity contribution in [3.05, 3.63) is 0 Å². The maximum absolute atomic E-state index is 4.12. The standard InChI is InChI=1S/C5H10N2/c1-2-5-6-3-4-7-5/h3,5,7H,2,4H2,1H3. The van der Waals surface area contributed by atoms with Gasteiger partial charge in [0.25, 0.3) is 0 Å². The molecule has 0 radical (unpaired) electrons. The van der Waals surface area contributed by atoms with Gasteiger partial charge in [-0.15, -0.1) is 0 Å². The average molecular weight is 98.1 g/mol. The molecule has 1 aliphatic heterocycles. The van der Waals surface area contributed by atoms with Crippen molar-refractivity contribution in [2.45, 2.75) is 19.5 Å². The molecule has 1 aliphatic rings. The Hall–Kier alpha value is -0.370. The molecule has 0 amide bonds. The quantitative estimate of drug-likeness (QED) is 0.504. The highest BCUT2D eigenvalue weighted by Gasteiger charge is 2.03. The predicted octanol–water partition coefficient (Wildman–Crippen LogP) is 0.397. The van der Waals surface area contributed by atoms with E-state index in [1.54, 1.807) is 0 Å². The van der Waals surface area contributed by atoms with Crippen LogP contribution in [0.2, 0.25) is 0 Å². The smallest absolute Gasteiger partial charge is 0.0991 e. The normalized spacial score (nSPS) is 29.0. The Morgan fingerprint density at radius 3 is 3.14 bits per heavy atom. The van der Waals surface area contributed by atoms with E-state index < -0.39 is 0 Å². The minimum Gasteiger partial charge on any atom is -0.291 e. The zero-order chi connectivity index (χ0) is 5.11. The van der Waals surface area contributed by atoms with Gasteiger partial charge in [0.2, 0.25) is 0 Å². The van der Waals surface area contributed by atoms with E-state index in [0.717, 1.165) is 13.0 Å². The van der Waals surface area contributed by atoms with Gasteiger partial charge in [-0.05, 0) is 6.42 Å². The zero-order valence-corrected chi connectivity index (χ0v) is 4.52. The molecular weight excluding hydrogens is 88.1 g/mol. The number of nitrogens with one attached hydrogen (secondary N) is 1. The largest absolute Gasteiger partial charge is 0.291 e. The first kappa shape index (κ1) is 4.78. The number of rotatable bonds is 1. The highest BCUT2D eigenvalue weighted by atomic mass is 15.1. The Labute approximate surface area is 43.6 Å². The van der Waals surface area contributed by atoms with Gasteiger partial charge in [-0.3, -0.25) is 10.3 Å². The molecule has 0 spiro atoms. The van der Waals surface area contributed by atoms with Crippen molar-refractivity contribution in [2.75, 3.05) is 6.54 Å². The van der Waals surface area contributed by atoms with Crippen LogP contribution in [0.25, 0.3) is 0 Å². The Balaban J connectivity index is 2.28. The predicted molar refractivity (Wildman–Crippen MR) is 30.6 cm³/mol. The van der Waals surface area contributed by atoms with Crippen molar-refractivity contribution in [2.24, 2.45) is 4.99 Å². The third-order valence-corrected chi connectivity index (χ3v) is 1.12. The zero-order valence-electron chi connectivity index (χ0n) is 4.52. The summed E-state index contributed by atoms with van der Waals surface area (Å²) in [4.78, 5) is 4.12. The molecule has 7 heavy (non-hydrogen) atoms. The summed E-state index contributed by atoms with van der Waals surface area (Å²) in [6.07, 6.45) is 3.45. The van der Waals surface area contributed by atoms with Crippen LogP contribution in [0.1, 0.15) is 13.3 Å². The van der Waals surface area contributed by atoms with E-state index in [1.807, 2.05) is 6.21 Å². The third kappa shape index (κ3) is 0.996. The van der Waals surface area contributed by atoms with Crippen molar-refractivity contribution in [1.29, 1.82) is 0 Å². The number of aliphatic imine (C=N–C) groups is 1. The van der Waals surface area contributed by atoms with Gasteiger partial charge in [-0.1, -0.05) is 6.92 Å². The molecule has 1 atom stereocenters. The van der Waals surface area contributed by atoms with E-state index in [2.05, 4.69) is 17.2 Å². The molecule has 0 aliphatic carbocycles. The van der Waals surface area contributed by atoms with Gasteiger partial charge in [0.1, 0.15) is 0 Å². The summed E-state index contributed by atoms with van der Waals surface area (Å²) in [5.41, 5.74) is 0. The van der Waals surface area contributed by atoms with E-state index in [9.17, 15) is 0 Å². The van der Waals surface area contributed by atoms with E-state index >= 15 is 0 Å². The molecule has 0 saturated heterocycles. The number of nitrogens with zero attached hydrogens (tertiary/aromatic N) is 1. The van der Waals surface area contributed by atoms with Crippen LogP contribution in [-0.4, -0.2) is 18.9 Å². The lowest BCUT2D eigenvalue weighted by Crippen LogP contribution is -2.20. The SMILES string of the molecule is CCC1N=CCN1. The summed E-state index contributed by atoms with van der Waals surface area (Å²) < 4.78 is 0. The van der Waals surface area contributed by atoms with Crippen molar-refractivity contribution >= 4 is 6.21 Å². The minimum absolute atomic E-state index is 0.417. The van der Waals surface area contributed by atoms with E-state index in [1.165, 1.54) is 0 Å². The van der Waals surface area contributed by atoms with Gasteiger partial charge in [0.15, 0.2) is 0 Å². The Morgan fingerprint density at radius 1 is 2.00 bits per heavy atom. The van der Waals surface area contributed by atoms with Crippen molar-refractivity contribution in [3.63, 3.8) is 0 Å². The molecule has 1 rings (SSSR count). The molecule has 1 heterocycles. The monoisotopic (exact) mass is 98.1 g/mol. The van der Waals surface area contributed by atoms with Crippen LogP contribution in [0.4, 0.5) is 0 Å². The molecule has 0 saturated carbocycles. The van der Waals surface area contributed by atoms with Gasteiger partial charge in [-0.25, -0.2) is 0 Å². The topological polar surface area (TPSA) is 24.4 Å². The molecule has 0 bridgehead atoms. The molecular formula is C5H10N2. The molecule has 0 aromatic heterocycles. The molecule has 0 aromatic carbocycles. The van der Waals surface area contributed by atoms with Crippen molar-refractivity contribution in [1.82, 2.24) is 5.32 Å². The maximum atomic E-state index is 4.12. The van der Waals surface area contributed by atoms with E-state index in [4.69, 9.17) is 0 Å². The summed E-state index contributed by atoms with van der Waals surface area (Å²) in [6.45, 7) is 3.08. The van der Waals surface area contributed by atoms with E-state index in [0.29, 0.717) is 6.17 Å². The number of hydrogen-bond acceptors (Lipinski definition) is 2. The Kier molecular flexibility index (Phi) is 1.42. The lowest BCUT2D eigenvalue weighted by atomic mass is 10.4. The van der Waals surface area contributed by atoms with Crippen LogP contribution < -0.4 is 5.32 Å². The maximum Gasteiger partial charge on any atom is 0.0991 e. The van der Waals surface area contributed by atoms with Crippen LogP contribution in [0, 0.1) is 0 Å². The van der Waals surface area contributed by atoms with Gasteiger partial charge in [-0.2, -0.15) is 0 Å². The van der Waals surface area contributed by atoms with Gasteiger partial charge < -0.3 is 0 Å². The van der Waals surface area contributed by atoms with Crippen LogP contribution in [0.3, 0.4) is 0 Å². The second-order valence-corrected chi connectivity index (χ2v) is 1.66. The highest BCUT2D eigenvalue weighted by Crippen LogP contribution is 1.93. The van der Waals surface area contributed by atoms with Crippen molar-refractivity contribution < 1.29 is 0 Å². The average Bonchev–Trinajstić information content (AvgIpc) is 2.14. The third-order valence-electron chi connectivity index (χ3n) is 1.12. The molecule has 1 unspecified atom stereocenters. The molecule has 0 aromatic rings. The summed E-state index contributed by atoms with van der Waals surface area (Å²) in [5, 5.41) is 3.18. The Morgan fingerprint density at radius 2 is 2.86 bits per heavy atom. The summed E-state index contributed by atoms with van der Waals surface area (Å²) >= 11 is 0. The first-order valence-electron chi connectivity index (χ1n) is 2.68. The molecule has 0 fully saturated rings. The van der Waals surface area contributed by atoms with E-state index in [-0.39, 0.29) is 0 Å². The first-order valence-corrected chi connectivity index (χ1v) is 2.68. The lowest BCUT2D eigenvalue weighted by molar-refractivity contribution is 0.586. The van der Waals surface area contributed by atoms with Crippen LogP contribution >= 0.6 is 0 Å². The fourth-order valence-corrected chi connectivity index (χ4v) is 0.671. The van der Waals surface area contributed by atoms with Crippen LogP contribution in [0.15, 0.2) is 4.99 Å². The van der Waals surface area contributed by atoms with Crippen LogP contribution in [-0.2, 0) is 0 Å². The molecule has 2 nitrogen and oxygen atoms in total. The fourth-order valence-electron chi connectivity index (χ4n) is 0.671. The van der Waals surface area contributed by atoms with Gasteiger partial charge in [0, 0.05) is 12.8 Å². The number of hydrogen-bond donors (Lipinski definition) is 1. The lowest BCUT2D eigenvalue weighted by Gasteiger charge is -1.99. The van der Waals surface area contributed by atoms with Gasteiger partial charge in [0.05, 0.1) is 6.17 Å². The minimum atomic E-state index is 0.417.